The highest BCUT2D eigenvalue weighted by Crippen LogP contribution is 2.44. The molecule has 1 aromatic heterocycles. The van der Waals surface area contributed by atoms with Crippen LogP contribution in [0.4, 0.5) is 5.95 Å². The first kappa shape index (κ1) is 17.4. The van der Waals surface area contributed by atoms with Crippen LogP contribution in [0.25, 0.3) is 0 Å². The van der Waals surface area contributed by atoms with E-state index in [0.29, 0.717) is 5.95 Å². The lowest BCUT2D eigenvalue weighted by Gasteiger charge is -2.48. The van der Waals surface area contributed by atoms with Crippen LogP contribution in [0.1, 0.15) is 46.2 Å². The second-order valence-corrected chi connectivity index (χ2v) is 13.1. The van der Waals surface area contributed by atoms with E-state index >= 15 is 0 Å². The fourth-order valence-electron chi connectivity index (χ4n) is 2.95. The number of hydrogen-bond donors (Lipinski definition) is 0. The standard InChI is InChI=1S/C18H29N3O2Si/c1-12-10-11-19-17(20-12)21-14-8-9-15(22-21)13(2)16(14)23-24(6,7)18(3,4)5/h10-11,14-15H,8-9H2,1-7H3/t14-,15+/m0/s1. The van der Waals surface area contributed by atoms with Crippen molar-refractivity contribution in [1.29, 1.82) is 0 Å². The zero-order valence-electron chi connectivity index (χ0n) is 15.9. The lowest BCUT2D eigenvalue weighted by atomic mass is 9.90. The van der Waals surface area contributed by atoms with E-state index in [4.69, 9.17) is 9.26 Å². The van der Waals surface area contributed by atoms with Crippen molar-refractivity contribution >= 4 is 14.3 Å². The quantitative estimate of drug-likeness (QED) is 0.760. The summed E-state index contributed by atoms with van der Waals surface area (Å²) >= 11 is 0. The minimum absolute atomic E-state index is 0.0684. The van der Waals surface area contributed by atoms with Gasteiger partial charge in [-0.05, 0) is 56.5 Å². The van der Waals surface area contributed by atoms with Crippen LogP contribution in [0.15, 0.2) is 23.6 Å². The lowest BCUT2D eigenvalue weighted by Crippen LogP contribution is -2.54. The third-order valence-electron chi connectivity index (χ3n) is 5.55. The molecule has 1 fully saturated rings. The van der Waals surface area contributed by atoms with Gasteiger partial charge >= 0.3 is 0 Å². The van der Waals surface area contributed by atoms with Crippen molar-refractivity contribution in [2.75, 3.05) is 5.06 Å². The van der Waals surface area contributed by atoms with Crippen LogP contribution in [0.5, 0.6) is 0 Å². The van der Waals surface area contributed by atoms with E-state index in [-0.39, 0.29) is 17.2 Å². The van der Waals surface area contributed by atoms with E-state index in [1.54, 1.807) is 6.20 Å². The summed E-state index contributed by atoms with van der Waals surface area (Å²) in [5.41, 5.74) is 2.18. The molecule has 2 aliphatic heterocycles. The first-order valence-electron chi connectivity index (χ1n) is 8.75. The van der Waals surface area contributed by atoms with Crippen LogP contribution in [0.3, 0.4) is 0 Å². The monoisotopic (exact) mass is 347 g/mol. The Kier molecular flexibility index (Phi) is 4.24. The van der Waals surface area contributed by atoms with Gasteiger partial charge in [0, 0.05) is 11.9 Å². The first-order valence-corrected chi connectivity index (χ1v) is 11.7. The van der Waals surface area contributed by atoms with E-state index < -0.39 is 8.32 Å². The number of hydrogen-bond acceptors (Lipinski definition) is 5. The molecule has 6 heteroatoms. The molecule has 5 nitrogen and oxygen atoms in total. The number of nitrogens with zero attached hydrogens (tertiary/aromatic N) is 3. The number of anilines is 1. The smallest absolute Gasteiger partial charge is 0.250 e. The Labute approximate surface area is 146 Å². The fraction of sp³-hybridized carbons (Fsp3) is 0.667. The molecule has 0 saturated carbocycles. The van der Waals surface area contributed by atoms with Gasteiger partial charge in [-0.3, -0.25) is 4.84 Å². The number of fused-ring (bicyclic) bond motifs is 2. The van der Waals surface area contributed by atoms with Crippen molar-refractivity contribution in [1.82, 2.24) is 9.97 Å². The molecule has 0 N–H and O–H groups in total. The zero-order valence-corrected chi connectivity index (χ0v) is 16.9. The second kappa shape index (κ2) is 5.84. The number of aryl methyl sites for hydroxylation is 1. The summed E-state index contributed by atoms with van der Waals surface area (Å²) in [6.07, 6.45) is 3.90. The number of aromatic nitrogens is 2. The van der Waals surface area contributed by atoms with Crippen LogP contribution in [0.2, 0.25) is 18.1 Å². The molecule has 3 aliphatic rings. The third-order valence-corrected chi connectivity index (χ3v) is 9.89. The van der Waals surface area contributed by atoms with Gasteiger partial charge in [0.2, 0.25) is 8.32 Å². The van der Waals surface area contributed by atoms with Crippen molar-refractivity contribution < 1.29 is 9.26 Å². The number of rotatable bonds is 3. The van der Waals surface area contributed by atoms with Crippen LogP contribution in [0, 0.1) is 6.92 Å². The molecule has 24 heavy (non-hydrogen) atoms. The molecule has 4 rings (SSSR count). The Balaban J connectivity index is 1.93. The molecule has 2 atom stereocenters. The summed E-state index contributed by atoms with van der Waals surface area (Å²) in [4.78, 5) is 15.1. The lowest BCUT2D eigenvalue weighted by molar-refractivity contribution is -0.0247. The van der Waals surface area contributed by atoms with E-state index in [0.717, 1.165) is 24.3 Å². The summed E-state index contributed by atoms with van der Waals surface area (Å²) in [5, 5.41) is 2.04. The van der Waals surface area contributed by atoms with Gasteiger partial charge in [-0.2, -0.15) is 0 Å². The molecule has 1 aromatic rings. The highest BCUT2D eigenvalue weighted by Gasteiger charge is 2.47. The minimum atomic E-state index is -1.89. The molecular formula is C18H29N3O2Si. The maximum absolute atomic E-state index is 6.71. The van der Waals surface area contributed by atoms with Gasteiger partial charge in [-0.1, -0.05) is 20.8 Å². The van der Waals surface area contributed by atoms with E-state index in [1.807, 2.05) is 18.1 Å². The van der Waals surface area contributed by atoms with Gasteiger partial charge in [0.05, 0.1) is 0 Å². The first-order chi connectivity index (χ1) is 11.1. The average molecular weight is 348 g/mol. The summed E-state index contributed by atoms with van der Waals surface area (Å²) in [7, 11) is -1.89. The predicted molar refractivity (Wildman–Crippen MR) is 98.1 cm³/mol. The molecule has 0 aromatic carbocycles. The van der Waals surface area contributed by atoms with Crippen molar-refractivity contribution in [2.45, 2.75) is 77.7 Å². The van der Waals surface area contributed by atoms with Gasteiger partial charge in [0.1, 0.15) is 17.9 Å². The molecule has 0 amide bonds. The zero-order chi connectivity index (χ0) is 17.7. The van der Waals surface area contributed by atoms with E-state index in [1.165, 1.54) is 5.57 Å². The highest BCUT2D eigenvalue weighted by molar-refractivity contribution is 6.74. The number of hydroxylamine groups is 1. The normalized spacial score (nSPS) is 24.5. The highest BCUT2D eigenvalue weighted by atomic mass is 28.4. The van der Waals surface area contributed by atoms with Crippen LogP contribution in [-0.4, -0.2) is 30.4 Å². The SMILES string of the molecule is CC1=C(O[Si](C)(C)C(C)(C)C)[C@@H]2CC[C@H]1ON2c1nccc(C)n1. The Morgan fingerprint density at radius 2 is 1.96 bits per heavy atom. The molecule has 2 bridgehead atoms. The van der Waals surface area contributed by atoms with Gasteiger partial charge in [0.15, 0.2) is 0 Å². The second-order valence-electron chi connectivity index (χ2n) is 8.42. The molecule has 3 heterocycles. The van der Waals surface area contributed by atoms with Gasteiger partial charge in [-0.25, -0.2) is 15.0 Å². The molecule has 1 saturated heterocycles. The van der Waals surface area contributed by atoms with Crippen LogP contribution < -0.4 is 5.06 Å². The van der Waals surface area contributed by atoms with Crippen molar-refractivity contribution in [3.05, 3.63) is 29.3 Å². The van der Waals surface area contributed by atoms with Crippen molar-refractivity contribution in [3.8, 4) is 0 Å². The molecule has 0 unspecified atom stereocenters. The van der Waals surface area contributed by atoms with Gasteiger partial charge in [0.25, 0.3) is 5.95 Å². The fourth-order valence-corrected chi connectivity index (χ4v) is 4.10. The molecule has 132 valence electrons. The van der Waals surface area contributed by atoms with Gasteiger partial charge in [-0.15, -0.1) is 0 Å². The maximum Gasteiger partial charge on any atom is 0.250 e. The summed E-state index contributed by atoms with van der Waals surface area (Å²) in [6, 6.07) is 1.98. The van der Waals surface area contributed by atoms with E-state index in [9.17, 15) is 0 Å². The summed E-state index contributed by atoms with van der Waals surface area (Å²) < 4.78 is 6.71. The Hall–Kier alpha value is -1.40. The Bertz CT molecular complexity index is 666. The Morgan fingerprint density at radius 1 is 1.25 bits per heavy atom. The maximum atomic E-state index is 6.71. The topological polar surface area (TPSA) is 47.5 Å². The van der Waals surface area contributed by atoms with Gasteiger partial charge < -0.3 is 4.43 Å². The van der Waals surface area contributed by atoms with Crippen LogP contribution in [-0.2, 0) is 9.26 Å². The van der Waals surface area contributed by atoms with E-state index in [2.05, 4.69) is 50.8 Å². The Morgan fingerprint density at radius 3 is 2.58 bits per heavy atom. The molecule has 1 aliphatic carbocycles. The van der Waals surface area contributed by atoms with Crippen LogP contribution >= 0.6 is 0 Å². The van der Waals surface area contributed by atoms with Crippen molar-refractivity contribution in [3.63, 3.8) is 0 Å². The third kappa shape index (κ3) is 2.97. The van der Waals surface area contributed by atoms with Crippen molar-refractivity contribution in [2.24, 2.45) is 0 Å². The summed E-state index contributed by atoms with van der Waals surface area (Å²) in [6.45, 7) is 15.5. The minimum Gasteiger partial charge on any atom is -0.545 e. The summed E-state index contributed by atoms with van der Waals surface area (Å²) in [5.74, 6) is 1.72. The largest absolute Gasteiger partial charge is 0.545 e. The molecular weight excluding hydrogens is 318 g/mol. The molecule has 0 radical (unpaired) electrons. The molecule has 0 spiro atoms. The predicted octanol–water partition coefficient (Wildman–Crippen LogP) is 4.36. The average Bonchev–Trinajstić information content (AvgIpc) is 2.49.